The fourth-order valence-corrected chi connectivity index (χ4v) is 3.23. The van der Waals surface area contributed by atoms with E-state index < -0.39 is 6.10 Å². The number of anilines is 2. The Bertz CT molecular complexity index is 540. The maximum Gasteiger partial charge on any atom is 0.253 e. The number of carbonyl (C=O) groups excluding carboxylic acids is 1. The van der Waals surface area contributed by atoms with Gasteiger partial charge in [-0.25, -0.2) is 0 Å². The molecule has 2 atom stereocenters. The molecule has 2 aliphatic heterocycles. The molecule has 0 bridgehead atoms. The number of hydrogen-bond acceptors (Lipinski definition) is 5. The highest BCUT2D eigenvalue weighted by Gasteiger charge is 2.21. The van der Waals surface area contributed by atoms with Crippen molar-refractivity contribution in [2.24, 2.45) is 0 Å². The summed E-state index contributed by atoms with van der Waals surface area (Å²) in [5.41, 5.74) is 1.81. The first-order valence-corrected chi connectivity index (χ1v) is 8.97. The van der Waals surface area contributed by atoms with E-state index in [2.05, 4.69) is 15.2 Å². The molecule has 1 aromatic heterocycles. The van der Waals surface area contributed by atoms with E-state index in [0.29, 0.717) is 6.61 Å². The number of amides is 1. The molecule has 24 heavy (non-hydrogen) atoms. The Kier molecular flexibility index (Phi) is 6.04. The molecular formula is C18H27N3O3. The predicted molar refractivity (Wildman–Crippen MR) is 93.3 cm³/mol. The van der Waals surface area contributed by atoms with Gasteiger partial charge in [-0.05, 0) is 45.1 Å². The fraction of sp³-hybridized carbons (Fsp3) is 0.667. The Labute approximate surface area is 143 Å². The number of nitrogens with one attached hydrogen (secondary N) is 1. The molecular weight excluding hydrogens is 306 g/mol. The van der Waals surface area contributed by atoms with Gasteiger partial charge in [0.2, 0.25) is 0 Å². The van der Waals surface area contributed by atoms with Gasteiger partial charge < -0.3 is 19.7 Å². The largest absolute Gasteiger partial charge is 0.376 e. The van der Waals surface area contributed by atoms with Crippen molar-refractivity contribution in [3.05, 3.63) is 18.5 Å². The van der Waals surface area contributed by atoms with Crippen molar-refractivity contribution in [1.29, 1.82) is 0 Å². The average molecular weight is 333 g/mol. The minimum absolute atomic E-state index is 0.127. The van der Waals surface area contributed by atoms with E-state index in [0.717, 1.165) is 43.9 Å². The Balaban J connectivity index is 1.57. The van der Waals surface area contributed by atoms with E-state index in [-0.39, 0.29) is 12.0 Å². The van der Waals surface area contributed by atoms with Crippen LogP contribution in [-0.2, 0) is 14.3 Å². The molecule has 1 N–H and O–H groups in total. The number of hydrogen-bond donors (Lipinski definition) is 1. The van der Waals surface area contributed by atoms with Crippen molar-refractivity contribution < 1.29 is 14.3 Å². The molecule has 0 spiro atoms. The molecule has 0 unspecified atom stereocenters. The number of piperidine rings is 1. The Morgan fingerprint density at radius 1 is 1.42 bits per heavy atom. The summed E-state index contributed by atoms with van der Waals surface area (Å²) in [6, 6.07) is 1.97. The molecule has 0 saturated carbocycles. The Morgan fingerprint density at radius 3 is 3.00 bits per heavy atom. The predicted octanol–water partition coefficient (Wildman–Crippen LogP) is 2.59. The lowest BCUT2D eigenvalue weighted by atomic mass is 10.1. The van der Waals surface area contributed by atoms with Gasteiger partial charge in [0, 0.05) is 25.9 Å². The molecule has 0 radical (unpaired) electrons. The van der Waals surface area contributed by atoms with Crippen LogP contribution in [0.25, 0.3) is 0 Å². The minimum Gasteiger partial charge on any atom is -0.376 e. The molecule has 1 amide bonds. The van der Waals surface area contributed by atoms with Crippen LogP contribution in [0, 0.1) is 0 Å². The second-order valence-electron chi connectivity index (χ2n) is 6.54. The topological polar surface area (TPSA) is 63.7 Å². The molecule has 2 fully saturated rings. The van der Waals surface area contributed by atoms with Crippen molar-refractivity contribution in [2.45, 2.75) is 51.2 Å². The lowest BCUT2D eigenvalue weighted by Crippen LogP contribution is -2.33. The molecule has 2 saturated heterocycles. The summed E-state index contributed by atoms with van der Waals surface area (Å²) >= 11 is 0. The molecule has 3 heterocycles. The van der Waals surface area contributed by atoms with Crippen LogP contribution in [0.2, 0.25) is 0 Å². The highest BCUT2D eigenvalue weighted by atomic mass is 16.5. The van der Waals surface area contributed by atoms with Crippen molar-refractivity contribution in [2.75, 3.05) is 36.5 Å². The normalized spacial score (nSPS) is 22.4. The van der Waals surface area contributed by atoms with Gasteiger partial charge in [-0.2, -0.15) is 0 Å². The van der Waals surface area contributed by atoms with E-state index in [1.54, 1.807) is 19.3 Å². The monoisotopic (exact) mass is 333 g/mol. The SMILES string of the molecule is C[C@H](OC[C@H]1CCCO1)C(=O)Nc1cnccc1N1CCCCC1. The molecule has 0 aliphatic carbocycles. The summed E-state index contributed by atoms with van der Waals surface area (Å²) < 4.78 is 11.2. The summed E-state index contributed by atoms with van der Waals surface area (Å²) in [6.45, 7) is 5.10. The summed E-state index contributed by atoms with van der Waals surface area (Å²) in [4.78, 5) is 18.9. The van der Waals surface area contributed by atoms with Crippen molar-refractivity contribution in [1.82, 2.24) is 4.98 Å². The number of carbonyl (C=O) groups is 1. The van der Waals surface area contributed by atoms with Gasteiger partial charge in [0.15, 0.2) is 0 Å². The Hall–Kier alpha value is -1.66. The summed E-state index contributed by atoms with van der Waals surface area (Å²) in [7, 11) is 0. The average Bonchev–Trinajstić information content (AvgIpc) is 3.14. The highest BCUT2D eigenvalue weighted by molar-refractivity contribution is 5.96. The standard InChI is InChI=1S/C18H27N3O3/c1-14(24-13-15-6-5-11-23-15)18(22)20-16-12-19-8-7-17(16)21-9-3-2-4-10-21/h7-8,12,14-15H,2-6,9-11,13H2,1H3,(H,20,22)/t14-,15+/m0/s1. The summed E-state index contributed by atoms with van der Waals surface area (Å²) in [5.74, 6) is -0.140. The summed E-state index contributed by atoms with van der Waals surface area (Å²) in [6.07, 6.45) is 8.85. The quantitative estimate of drug-likeness (QED) is 0.867. The second kappa shape index (κ2) is 8.44. The zero-order valence-electron chi connectivity index (χ0n) is 14.4. The zero-order chi connectivity index (χ0) is 16.8. The first-order valence-electron chi connectivity index (χ1n) is 8.97. The highest BCUT2D eigenvalue weighted by Crippen LogP contribution is 2.27. The molecule has 6 nitrogen and oxygen atoms in total. The van der Waals surface area contributed by atoms with Crippen LogP contribution in [-0.4, -0.2) is 49.4 Å². The zero-order valence-corrected chi connectivity index (χ0v) is 14.4. The van der Waals surface area contributed by atoms with E-state index in [1.165, 1.54) is 19.3 Å². The second-order valence-corrected chi connectivity index (χ2v) is 6.54. The molecule has 3 rings (SSSR count). The van der Waals surface area contributed by atoms with E-state index in [9.17, 15) is 4.79 Å². The van der Waals surface area contributed by atoms with E-state index in [4.69, 9.17) is 9.47 Å². The van der Waals surface area contributed by atoms with Crippen molar-refractivity contribution in [3.63, 3.8) is 0 Å². The molecule has 132 valence electrons. The van der Waals surface area contributed by atoms with Gasteiger partial charge in [-0.1, -0.05) is 0 Å². The number of nitrogens with zero attached hydrogens (tertiary/aromatic N) is 2. The fourth-order valence-electron chi connectivity index (χ4n) is 3.23. The third-order valence-corrected chi connectivity index (χ3v) is 4.68. The van der Waals surface area contributed by atoms with Gasteiger partial charge in [0.25, 0.3) is 5.91 Å². The summed E-state index contributed by atoms with van der Waals surface area (Å²) in [5, 5.41) is 2.97. The molecule has 6 heteroatoms. The van der Waals surface area contributed by atoms with E-state index >= 15 is 0 Å². The minimum atomic E-state index is -0.511. The van der Waals surface area contributed by atoms with Gasteiger partial charge in [0.1, 0.15) is 6.10 Å². The Morgan fingerprint density at radius 2 is 2.25 bits per heavy atom. The van der Waals surface area contributed by atoms with Crippen LogP contribution >= 0.6 is 0 Å². The number of aromatic nitrogens is 1. The smallest absolute Gasteiger partial charge is 0.253 e. The van der Waals surface area contributed by atoms with Crippen LogP contribution in [0.5, 0.6) is 0 Å². The maximum absolute atomic E-state index is 12.4. The molecule has 2 aliphatic rings. The van der Waals surface area contributed by atoms with Gasteiger partial charge in [-0.15, -0.1) is 0 Å². The van der Waals surface area contributed by atoms with Gasteiger partial charge in [-0.3, -0.25) is 9.78 Å². The van der Waals surface area contributed by atoms with Crippen LogP contribution in [0.4, 0.5) is 11.4 Å². The third-order valence-electron chi connectivity index (χ3n) is 4.68. The lowest BCUT2D eigenvalue weighted by Gasteiger charge is -2.30. The molecule has 0 aromatic carbocycles. The van der Waals surface area contributed by atoms with E-state index in [1.807, 2.05) is 6.07 Å². The molecule has 1 aromatic rings. The number of pyridine rings is 1. The maximum atomic E-state index is 12.4. The first kappa shape index (κ1) is 17.2. The van der Waals surface area contributed by atoms with Crippen LogP contribution in [0.15, 0.2) is 18.5 Å². The third kappa shape index (κ3) is 4.45. The van der Waals surface area contributed by atoms with Gasteiger partial charge >= 0.3 is 0 Å². The first-order chi connectivity index (χ1) is 11.7. The van der Waals surface area contributed by atoms with Crippen molar-refractivity contribution in [3.8, 4) is 0 Å². The van der Waals surface area contributed by atoms with Crippen LogP contribution in [0.3, 0.4) is 0 Å². The lowest BCUT2D eigenvalue weighted by molar-refractivity contribution is -0.128. The van der Waals surface area contributed by atoms with Crippen LogP contribution in [0.1, 0.15) is 39.0 Å². The van der Waals surface area contributed by atoms with Crippen LogP contribution < -0.4 is 10.2 Å². The van der Waals surface area contributed by atoms with Crippen molar-refractivity contribution >= 4 is 17.3 Å². The van der Waals surface area contributed by atoms with Gasteiger partial charge in [0.05, 0.1) is 30.3 Å². The number of ether oxygens (including phenoxy) is 2. The number of rotatable bonds is 6.